The maximum Gasteiger partial charge on any atom is 0.227 e. The van der Waals surface area contributed by atoms with Gasteiger partial charge in [-0.25, -0.2) is 4.98 Å². The first-order valence-corrected chi connectivity index (χ1v) is 7.26. The summed E-state index contributed by atoms with van der Waals surface area (Å²) in [7, 11) is 1.63. The summed E-state index contributed by atoms with van der Waals surface area (Å²) < 4.78 is 11.1. The van der Waals surface area contributed by atoms with Gasteiger partial charge in [-0.15, -0.1) is 0 Å². The molecule has 0 aliphatic heterocycles. The lowest BCUT2D eigenvalue weighted by Crippen LogP contribution is -1.82. The molecule has 0 radical (unpaired) electrons. The van der Waals surface area contributed by atoms with Gasteiger partial charge in [0.1, 0.15) is 11.3 Å². The zero-order valence-corrected chi connectivity index (χ0v) is 12.6. The highest BCUT2D eigenvalue weighted by molar-refractivity contribution is 6.35. The lowest BCUT2D eigenvalue weighted by Gasteiger charge is -2.04. The van der Waals surface area contributed by atoms with Crippen molar-refractivity contribution in [3.8, 4) is 17.2 Å². The SMILES string of the molecule is COc1ccc2oc(-c3cccc4c(Cl)cccc34)nc2c1. The van der Waals surface area contributed by atoms with Crippen molar-refractivity contribution in [2.24, 2.45) is 0 Å². The minimum absolute atomic E-state index is 0.580. The number of hydrogen-bond acceptors (Lipinski definition) is 3. The molecule has 0 unspecified atom stereocenters. The summed E-state index contributed by atoms with van der Waals surface area (Å²) in [6.45, 7) is 0. The molecular formula is C18H12ClNO2. The number of rotatable bonds is 2. The monoisotopic (exact) mass is 309 g/mol. The van der Waals surface area contributed by atoms with Gasteiger partial charge in [-0.2, -0.15) is 0 Å². The van der Waals surface area contributed by atoms with Crippen LogP contribution in [0.2, 0.25) is 5.02 Å². The van der Waals surface area contributed by atoms with Crippen LogP contribution < -0.4 is 4.74 Å². The minimum Gasteiger partial charge on any atom is -0.497 e. The summed E-state index contributed by atoms with van der Waals surface area (Å²) in [4.78, 5) is 4.58. The van der Waals surface area contributed by atoms with Gasteiger partial charge in [0.25, 0.3) is 0 Å². The smallest absolute Gasteiger partial charge is 0.227 e. The molecule has 0 saturated heterocycles. The normalized spacial score (nSPS) is 11.2. The first-order valence-electron chi connectivity index (χ1n) is 6.88. The van der Waals surface area contributed by atoms with E-state index in [2.05, 4.69) is 4.98 Å². The molecule has 0 fully saturated rings. The zero-order valence-electron chi connectivity index (χ0n) is 11.8. The molecule has 4 aromatic rings. The molecule has 0 aliphatic carbocycles. The van der Waals surface area contributed by atoms with Crippen LogP contribution in [0.15, 0.2) is 59.0 Å². The summed E-state index contributed by atoms with van der Waals surface area (Å²) >= 11 is 6.27. The van der Waals surface area contributed by atoms with Crippen LogP contribution in [-0.2, 0) is 0 Å². The number of oxazole rings is 1. The van der Waals surface area contributed by atoms with Crippen LogP contribution in [0.5, 0.6) is 5.75 Å². The Bertz CT molecular complexity index is 991. The van der Waals surface area contributed by atoms with Crippen molar-refractivity contribution in [3.63, 3.8) is 0 Å². The van der Waals surface area contributed by atoms with Crippen LogP contribution in [0.4, 0.5) is 0 Å². The Morgan fingerprint density at radius 2 is 1.82 bits per heavy atom. The topological polar surface area (TPSA) is 35.3 Å². The molecule has 0 N–H and O–H groups in total. The quantitative estimate of drug-likeness (QED) is 0.503. The van der Waals surface area contributed by atoms with Gasteiger partial charge >= 0.3 is 0 Å². The number of hydrogen-bond donors (Lipinski definition) is 0. The van der Waals surface area contributed by atoms with Crippen LogP contribution in [0.3, 0.4) is 0 Å². The van der Waals surface area contributed by atoms with E-state index in [9.17, 15) is 0 Å². The fourth-order valence-corrected chi connectivity index (χ4v) is 2.85. The highest BCUT2D eigenvalue weighted by Crippen LogP contribution is 2.34. The molecule has 3 aromatic carbocycles. The molecule has 0 amide bonds. The van der Waals surface area contributed by atoms with Crippen LogP contribution in [0.1, 0.15) is 0 Å². The predicted molar refractivity (Wildman–Crippen MR) is 88.5 cm³/mol. The van der Waals surface area contributed by atoms with Crippen LogP contribution in [-0.4, -0.2) is 12.1 Å². The molecule has 0 saturated carbocycles. The molecule has 22 heavy (non-hydrogen) atoms. The average Bonchev–Trinajstić information content (AvgIpc) is 2.97. The van der Waals surface area contributed by atoms with Gasteiger partial charge in [0.15, 0.2) is 5.58 Å². The first kappa shape index (κ1) is 13.2. The Hall–Kier alpha value is -2.52. The number of methoxy groups -OCH3 is 1. The maximum atomic E-state index is 6.27. The Labute approximate surface area is 132 Å². The number of ether oxygens (including phenoxy) is 1. The Kier molecular flexibility index (Phi) is 3.01. The fraction of sp³-hybridized carbons (Fsp3) is 0.0556. The van der Waals surface area contributed by atoms with Gasteiger partial charge in [-0.05, 0) is 29.7 Å². The van der Waals surface area contributed by atoms with Crippen LogP contribution >= 0.6 is 11.6 Å². The van der Waals surface area contributed by atoms with E-state index in [0.29, 0.717) is 5.89 Å². The maximum absolute atomic E-state index is 6.27. The van der Waals surface area contributed by atoms with E-state index in [4.69, 9.17) is 20.8 Å². The summed E-state index contributed by atoms with van der Waals surface area (Å²) in [5.74, 6) is 1.34. The van der Waals surface area contributed by atoms with Gasteiger partial charge in [-0.1, -0.05) is 35.9 Å². The molecule has 1 aromatic heterocycles. The van der Waals surface area contributed by atoms with Crippen LogP contribution in [0, 0.1) is 0 Å². The number of aromatic nitrogens is 1. The molecular weight excluding hydrogens is 298 g/mol. The molecule has 0 aliphatic rings. The summed E-state index contributed by atoms with van der Waals surface area (Å²) in [6.07, 6.45) is 0. The van der Waals surface area contributed by atoms with E-state index < -0.39 is 0 Å². The van der Waals surface area contributed by atoms with Gasteiger partial charge < -0.3 is 9.15 Å². The lowest BCUT2D eigenvalue weighted by atomic mass is 10.0. The molecule has 0 atom stereocenters. The van der Waals surface area contributed by atoms with Crippen molar-refractivity contribution in [2.45, 2.75) is 0 Å². The highest BCUT2D eigenvalue weighted by atomic mass is 35.5. The van der Waals surface area contributed by atoms with Crippen molar-refractivity contribution in [1.29, 1.82) is 0 Å². The van der Waals surface area contributed by atoms with E-state index in [-0.39, 0.29) is 0 Å². The van der Waals surface area contributed by atoms with Gasteiger partial charge in [-0.3, -0.25) is 0 Å². The van der Waals surface area contributed by atoms with E-state index in [1.165, 1.54) is 0 Å². The molecule has 4 rings (SSSR count). The molecule has 4 heteroatoms. The first-order chi connectivity index (χ1) is 10.8. The largest absolute Gasteiger partial charge is 0.497 e. The Balaban J connectivity index is 1.97. The highest BCUT2D eigenvalue weighted by Gasteiger charge is 2.12. The third-order valence-electron chi connectivity index (χ3n) is 3.69. The van der Waals surface area contributed by atoms with Gasteiger partial charge in [0.05, 0.1) is 7.11 Å². The van der Waals surface area contributed by atoms with Crippen molar-refractivity contribution in [3.05, 3.63) is 59.6 Å². The van der Waals surface area contributed by atoms with Gasteiger partial charge in [0, 0.05) is 22.0 Å². The van der Waals surface area contributed by atoms with Crippen molar-refractivity contribution < 1.29 is 9.15 Å². The summed E-state index contributed by atoms with van der Waals surface area (Å²) in [6, 6.07) is 17.4. The number of nitrogens with zero attached hydrogens (tertiary/aromatic N) is 1. The van der Waals surface area contributed by atoms with E-state index in [1.54, 1.807) is 7.11 Å². The number of benzene rings is 3. The standard InChI is InChI=1S/C18H12ClNO2/c1-21-11-8-9-17-16(10-11)20-18(22-17)14-6-2-5-13-12(14)4-3-7-15(13)19/h2-10H,1H3. The third kappa shape index (κ3) is 2.02. The number of halogens is 1. The Morgan fingerprint density at radius 1 is 1.00 bits per heavy atom. The van der Waals surface area contributed by atoms with E-state index in [0.717, 1.165) is 38.2 Å². The van der Waals surface area contributed by atoms with Gasteiger partial charge in [0.2, 0.25) is 5.89 Å². The zero-order chi connectivity index (χ0) is 15.1. The van der Waals surface area contributed by atoms with Crippen molar-refractivity contribution in [2.75, 3.05) is 7.11 Å². The summed E-state index contributed by atoms with van der Waals surface area (Å²) in [5.41, 5.74) is 2.43. The molecule has 0 bridgehead atoms. The van der Waals surface area contributed by atoms with Crippen LogP contribution in [0.25, 0.3) is 33.3 Å². The molecule has 3 nitrogen and oxygen atoms in total. The number of fused-ring (bicyclic) bond motifs is 2. The molecule has 108 valence electrons. The Morgan fingerprint density at radius 3 is 2.68 bits per heavy atom. The molecule has 0 spiro atoms. The third-order valence-corrected chi connectivity index (χ3v) is 4.02. The van der Waals surface area contributed by atoms with Crippen molar-refractivity contribution in [1.82, 2.24) is 4.98 Å². The minimum atomic E-state index is 0.580. The van der Waals surface area contributed by atoms with E-state index in [1.807, 2.05) is 54.6 Å². The predicted octanol–water partition coefficient (Wildman–Crippen LogP) is 5.31. The fourth-order valence-electron chi connectivity index (χ4n) is 2.61. The average molecular weight is 310 g/mol. The van der Waals surface area contributed by atoms with E-state index >= 15 is 0 Å². The second-order valence-corrected chi connectivity index (χ2v) is 5.40. The molecule has 1 heterocycles. The van der Waals surface area contributed by atoms with Crippen molar-refractivity contribution >= 4 is 33.5 Å². The summed E-state index contributed by atoms with van der Waals surface area (Å²) in [5, 5.41) is 2.73. The second kappa shape index (κ2) is 5.04. The lowest BCUT2D eigenvalue weighted by molar-refractivity contribution is 0.415. The second-order valence-electron chi connectivity index (χ2n) is 4.99.